The fourth-order valence-corrected chi connectivity index (χ4v) is 3.82. The number of nitrogens with zero attached hydrogens (tertiary/aromatic N) is 3. The number of hydrogen-bond donors (Lipinski definition) is 0. The van der Waals surface area contributed by atoms with Gasteiger partial charge in [0.2, 0.25) is 5.91 Å². The molecule has 0 aliphatic rings. The van der Waals surface area contributed by atoms with Gasteiger partial charge in [-0.05, 0) is 17.7 Å². The number of halogens is 1. The summed E-state index contributed by atoms with van der Waals surface area (Å²) in [5.74, 6) is -0.267. The van der Waals surface area contributed by atoms with E-state index in [1.54, 1.807) is 24.1 Å². The van der Waals surface area contributed by atoms with Gasteiger partial charge < -0.3 is 4.90 Å². The second-order valence-corrected chi connectivity index (χ2v) is 7.26. The molecule has 4 nitrogen and oxygen atoms in total. The van der Waals surface area contributed by atoms with Crippen LogP contribution in [0.25, 0.3) is 16.2 Å². The first-order valence-corrected chi connectivity index (χ1v) is 9.47. The van der Waals surface area contributed by atoms with Gasteiger partial charge in [-0.1, -0.05) is 42.5 Å². The maximum atomic E-state index is 13.0. The van der Waals surface area contributed by atoms with Gasteiger partial charge in [-0.2, -0.15) is 0 Å². The molecule has 0 atom stereocenters. The predicted octanol–water partition coefficient (Wildman–Crippen LogP) is 4.40. The van der Waals surface area contributed by atoms with Crippen LogP contribution in [0.2, 0.25) is 0 Å². The maximum absolute atomic E-state index is 13.0. The van der Waals surface area contributed by atoms with Crippen LogP contribution < -0.4 is 0 Å². The molecular weight excluding hydrogens is 361 g/mol. The van der Waals surface area contributed by atoms with Crippen molar-refractivity contribution >= 4 is 22.2 Å². The van der Waals surface area contributed by atoms with Crippen LogP contribution in [0.3, 0.4) is 0 Å². The van der Waals surface area contributed by atoms with E-state index in [9.17, 15) is 9.18 Å². The first-order chi connectivity index (χ1) is 13.1. The molecule has 6 heteroatoms. The van der Waals surface area contributed by atoms with Crippen molar-refractivity contribution < 1.29 is 9.18 Å². The number of fused-ring (bicyclic) bond motifs is 1. The molecule has 2 aromatic heterocycles. The number of hydrogen-bond acceptors (Lipinski definition) is 3. The SMILES string of the molecule is CN(Cc1ccc(F)cc1)C(=O)Cc1csc2nc(-c3ccccc3)cn12. The first-order valence-electron chi connectivity index (χ1n) is 8.59. The Morgan fingerprint density at radius 2 is 1.89 bits per heavy atom. The standard InChI is InChI=1S/C21H18FN3OS/c1-24(12-15-7-9-17(22)10-8-15)20(26)11-18-14-27-21-23-19(13-25(18)21)16-5-3-2-4-6-16/h2-10,13-14H,11-12H2,1H3. The fourth-order valence-electron chi connectivity index (χ4n) is 2.95. The Bertz CT molecular complexity index is 1070. The zero-order valence-corrected chi connectivity index (χ0v) is 15.6. The number of benzene rings is 2. The van der Waals surface area contributed by atoms with Crippen LogP contribution in [0.4, 0.5) is 4.39 Å². The number of imidazole rings is 1. The summed E-state index contributed by atoms with van der Waals surface area (Å²) < 4.78 is 15.0. The summed E-state index contributed by atoms with van der Waals surface area (Å²) >= 11 is 1.53. The van der Waals surface area contributed by atoms with Gasteiger partial charge in [0.05, 0.1) is 12.1 Å². The van der Waals surface area contributed by atoms with E-state index in [1.807, 2.05) is 46.3 Å². The van der Waals surface area contributed by atoms with Crippen molar-refractivity contribution in [3.05, 3.63) is 83.2 Å². The smallest absolute Gasteiger partial charge is 0.228 e. The monoisotopic (exact) mass is 379 g/mol. The molecule has 0 saturated heterocycles. The quantitative estimate of drug-likeness (QED) is 0.515. The van der Waals surface area contributed by atoms with Crippen LogP contribution in [-0.2, 0) is 17.8 Å². The molecule has 0 saturated carbocycles. The van der Waals surface area contributed by atoms with Crippen molar-refractivity contribution in [2.45, 2.75) is 13.0 Å². The molecule has 0 spiro atoms. The molecule has 1 amide bonds. The van der Waals surface area contributed by atoms with Crippen molar-refractivity contribution in [2.75, 3.05) is 7.05 Å². The second-order valence-electron chi connectivity index (χ2n) is 6.42. The molecule has 0 radical (unpaired) electrons. The lowest BCUT2D eigenvalue weighted by atomic mass is 10.2. The molecule has 136 valence electrons. The summed E-state index contributed by atoms with van der Waals surface area (Å²) in [5, 5.41) is 1.97. The largest absolute Gasteiger partial charge is 0.341 e. The number of carbonyl (C=O) groups is 1. The summed E-state index contributed by atoms with van der Waals surface area (Å²) in [4.78, 5) is 19.8. The van der Waals surface area contributed by atoms with Crippen LogP contribution in [0.15, 0.2) is 66.2 Å². The fraction of sp³-hybridized carbons (Fsp3) is 0.143. The third-order valence-electron chi connectivity index (χ3n) is 4.44. The van der Waals surface area contributed by atoms with Gasteiger partial charge >= 0.3 is 0 Å². The molecule has 0 aliphatic carbocycles. The van der Waals surface area contributed by atoms with Crippen molar-refractivity contribution in [3.8, 4) is 11.3 Å². The van der Waals surface area contributed by atoms with E-state index >= 15 is 0 Å². The molecule has 2 heterocycles. The van der Waals surface area contributed by atoms with Gasteiger partial charge in [-0.3, -0.25) is 9.20 Å². The molecular formula is C21H18FN3OS. The molecule has 0 unspecified atom stereocenters. The van der Waals surface area contributed by atoms with Gasteiger partial charge in [0.1, 0.15) is 5.82 Å². The lowest BCUT2D eigenvalue weighted by Gasteiger charge is -2.17. The van der Waals surface area contributed by atoms with Gasteiger partial charge in [-0.25, -0.2) is 9.37 Å². The molecule has 0 fully saturated rings. The predicted molar refractivity (Wildman–Crippen MR) is 105 cm³/mol. The average Bonchev–Trinajstić information content (AvgIpc) is 3.26. The minimum absolute atomic E-state index is 0.00832. The summed E-state index contributed by atoms with van der Waals surface area (Å²) in [6.45, 7) is 0.450. The number of thiazole rings is 1. The topological polar surface area (TPSA) is 37.6 Å². The third kappa shape index (κ3) is 3.75. The molecule has 2 aromatic carbocycles. The van der Waals surface area contributed by atoms with E-state index in [2.05, 4.69) is 4.98 Å². The van der Waals surface area contributed by atoms with Crippen molar-refractivity contribution in [2.24, 2.45) is 0 Å². The number of likely N-dealkylation sites (N-methyl/N-ethyl adjacent to an activating group) is 1. The lowest BCUT2D eigenvalue weighted by molar-refractivity contribution is -0.129. The summed E-state index contributed by atoms with van der Waals surface area (Å²) in [5.41, 5.74) is 3.77. The van der Waals surface area contributed by atoms with E-state index in [0.717, 1.165) is 27.5 Å². The van der Waals surface area contributed by atoms with Crippen LogP contribution in [0, 0.1) is 5.82 Å². The Morgan fingerprint density at radius 3 is 2.63 bits per heavy atom. The Morgan fingerprint density at radius 1 is 1.15 bits per heavy atom. The summed E-state index contributed by atoms with van der Waals surface area (Å²) in [6.07, 6.45) is 2.27. The zero-order valence-electron chi connectivity index (χ0n) is 14.8. The minimum Gasteiger partial charge on any atom is -0.341 e. The van der Waals surface area contributed by atoms with Crippen molar-refractivity contribution in [1.82, 2.24) is 14.3 Å². The van der Waals surface area contributed by atoms with Crippen LogP contribution in [-0.4, -0.2) is 27.2 Å². The molecule has 4 rings (SSSR count). The van der Waals surface area contributed by atoms with E-state index in [1.165, 1.54) is 23.5 Å². The highest BCUT2D eigenvalue weighted by atomic mass is 32.1. The van der Waals surface area contributed by atoms with E-state index in [0.29, 0.717) is 13.0 Å². The first kappa shape index (κ1) is 17.4. The van der Waals surface area contributed by atoms with Crippen molar-refractivity contribution in [1.29, 1.82) is 0 Å². The second kappa shape index (κ2) is 7.32. The summed E-state index contributed by atoms with van der Waals surface area (Å²) in [6, 6.07) is 16.2. The molecule has 4 aromatic rings. The van der Waals surface area contributed by atoms with Crippen LogP contribution >= 0.6 is 11.3 Å². The minimum atomic E-state index is -0.275. The Labute approximate surface area is 160 Å². The Balaban J connectivity index is 1.50. The number of carbonyl (C=O) groups excluding carboxylic acids is 1. The van der Waals surface area contributed by atoms with Gasteiger partial charge in [0.15, 0.2) is 4.96 Å². The maximum Gasteiger partial charge on any atom is 0.228 e. The Hall–Kier alpha value is -2.99. The molecule has 0 aliphatic heterocycles. The highest BCUT2D eigenvalue weighted by Crippen LogP contribution is 2.24. The van der Waals surface area contributed by atoms with Crippen LogP contribution in [0.1, 0.15) is 11.3 Å². The summed E-state index contributed by atoms with van der Waals surface area (Å²) in [7, 11) is 1.76. The van der Waals surface area contributed by atoms with E-state index < -0.39 is 0 Å². The highest BCUT2D eigenvalue weighted by Gasteiger charge is 2.15. The number of rotatable bonds is 5. The van der Waals surface area contributed by atoms with Gasteiger partial charge in [-0.15, -0.1) is 11.3 Å². The Kier molecular flexibility index (Phi) is 4.73. The van der Waals surface area contributed by atoms with Crippen molar-refractivity contribution in [3.63, 3.8) is 0 Å². The number of aromatic nitrogens is 2. The lowest BCUT2D eigenvalue weighted by Crippen LogP contribution is -2.28. The molecule has 27 heavy (non-hydrogen) atoms. The highest BCUT2D eigenvalue weighted by molar-refractivity contribution is 7.15. The molecule has 0 bridgehead atoms. The van der Waals surface area contributed by atoms with Crippen LogP contribution in [0.5, 0.6) is 0 Å². The van der Waals surface area contributed by atoms with Gasteiger partial charge in [0.25, 0.3) is 0 Å². The molecule has 0 N–H and O–H groups in total. The number of amides is 1. The van der Waals surface area contributed by atoms with Gasteiger partial charge in [0, 0.05) is 36.4 Å². The van der Waals surface area contributed by atoms with E-state index in [-0.39, 0.29) is 11.7 Å². The average molecular weight is 379 g/mol. The van der Waals surface area contributed by atoms with E-state index in [4.69, 9.17) is 0 Å². The normalized spacial score (nSPS) is 11.0. The zero-order chi connectivity index (χ0) is 18.8. The third-order valence-corrected chi connectivity index (χ3v) is 5.33.